The molecule has 0 unspecified atom stereocenters. The van der Waals surface area contributed by atoms with Crippen LogP contribution in [0.1, 0.15) is 44.7 Å². The van der Waals surface area contributed by atoms with Crippen molar-refractivity contribution in [3.8, 4) is 0 Å². The monoisotopic (exact) mass is 404 g/mol. The van der Waals surface area contributed by atoms with Crippen LogP contribution in [0.15, 0.2) is 22.7 Å². The Morgan fingerprint density at radius 1 is 1.32 bits per heavy atom. The Balaban J connectivity index is 1.44. The highest BCUT2D eigenvalue weighted by Gasteiger charge is 2.39. The molecule has 8 heteroatoms. The number of urea groups is 1. The molecule has 0 radical (unpaired) electrons. The molecule has 1 aliphatic heterocycles. The second-order valence-corrected chi connectivity index (χ2v) is 7.99. The summed E-state index contributed by atoms with van der Waals surface area (Å²) in [4.78, 5) is 28.9. The zero-order valence-electron chi connectivity index (χ0n) is 16.0. The molecule has 2 aromatic rings. The standard InChI is InChI=1S/C20H25ClN4O3/c1-2-19(26)24-9-3-4-15(12-24)25(14-6-7-14)20(27)22-11-17-16-10-13(21)5-8-18(16)28-23-17/h5,8,10,14-15H,2-4,6-7,9,11-12H2,1H3,(H,22,27)/t15-/m1/s1. The summed E-state index contributed by atoms with van der Waals surface area (Å²) in [7, 11) is 0. The fourth-order valence-corrected chi connectivity index (χ4v) is 4.13. The summed E-state index contributed by atoms with van der Waals surface area (Å²) in [5.41, 5.74) is 1.31. The van der Waals surface area contributed by atoms with Crippen molar-refractivity contribution >= 4 is 34.5 Å². The summed E-state index contributed by atoms with van der Waals surface area (Å²) in [6.45, 7) is 3.57. The summed E-state index contributed by atoms with van der Waals surface area (Å²) in [5, 5.41) is 8.47. The van der Waals surface area contributed by atoms with Crippen LogP contribution in [0.4, 0.5) is 4.79 Å². The third kappa shape index (κ3) is 3.94. The second-order valence-electron chi connectivity index (χ2n) is 7.56. The molecule has 2 heterocycles. The number of piperidine rings is 1. The van der Waals surface area contributed by atoms with E-state index in [2.05, 4.69) is 10.5 Å². The molecule has 1 saturated heterocycles. The van der Waals surface area contributed by atoms with Crippen LogP contribution >= 0.6 is 11.6 Å². The zero-order valence-corrected chi connectivity index (χ0v) is 16.7. The number of hydrogen-bond acceptors (Lipinski definition) is 4. The van der Waals surface area contributed by atoms with Crippen LogP contribution in [0.5, 0.6) is 0 Å². The lowest BCUT2D eigenvalue weighted by atomic mass is 10.0. The number of amides is 3. The number of nitrogens with one attached hydrogen (secondary N) is 1. The van der Waals surface area contributed by atoms with E-state index in [4.69, 9.17) is 16.1 Å². The molecule has 4 rings (SSSR count). The lowest BCUT2D eigenvalue weighted by Gasteiger charge is -2.39. The number of carbonyl (C=O) groups is 2. The molecule has 7 nitrogen and oxygen atoms in total. The zero-order chi connectivity index (χ0) is 19.7. The number of rotatable bonds is 5. The van der Waals surface area contributed by atoms with Crippen molar-refractivity contribution in [1.82, 2.24) is 20.3 Å². The molecule has 28 heavy (non-hydrogen) atoms. The number of carbonyl (C=O) groups excluding carboxylic acids is 2. The topological polar surface area (TPSA) is 78.7 Å². The van der Waals surface area contributed by atoms with E-state index in [1.807, 2.05) is 16.7 Å². The number of benzene rings is 1. The Labute approximate surface area is 169 Å². The van der Waals surface area contributed by atoms with Crippen LogP contribution in [0.25, 0.3) is 11.0 Å². The number of fused-ring (bicyclic) bond motifs is 1. The van der Waals surface area contributed by atoms with E-state index in [0.29, 0.717) is 29.3 Å². The highest BCUT2D eigenvalue weighted by atomic mass is 35.5. The van der Waals surface area contributed by atoms with E-state index < -0.39 is 0 Å². The highest BCUT2D eigenvalue weighted by molar-refractivity contribution is 6.31. The van der Waals surface area contributed by atoms with Gasteiger partial charge in [-0.05, 0) is 43.9 Å². The predicted molar refractivity (Wildman–Crippen MR) is 106 cm³/mol. The van der Waals surface area contributed by atoms with Crippen molar-refractivity contribution < 1.29 is 14.1 Å². The van der Waals surface area contributed by atoms with Gasteiger partial charge in [-0.15, -0.1) is 0 Å². The van der Waals surface area contributed by atoms with Crippen molar-refractivity contribution in [3.63, 3.8) is 0 Å². The largest absolute Gasteiger partial charge is 0.356 e. The maximum atomic E-state index is 13.0. The quantitative estimate of drug-likeness (QED) is 0.826. The Kier molecular flexibility index (Phi) is 5.44. The van der Waals surface area contributed by atoms with E-state index in [0.717, 1.165) is 37.6 Å². The van der Waals surface area contributed by atoms with Gasteiger partial charge >= 0.3 is 6.03 Å². The molecule has 1 atom stereocenters. The molecule has 1 aromatic carbocycles. The van der Waals surface area contributed by atoms with Crippen LogP contribution in [0, 0.1) is 0 Å². The number of aromatic nitrogens is 1. The van der Waals surface area contributed by atoms with Gasteiger partial charge in [-0.1, -0.05) is 23.7 Å². The van der Waals surface area contributed by atoms with E-state index in [9.17, 15) is 9.59 Å². The minimum Gasteiger partial charge on any atom is -0.356 e. The van der Waals surface area contributed by atoms with Gasteiger partial charge in [0.2, 0.25) is 5.91 Å². The van der Waals surface area contributed by atoms with Gasteiger partial charge in [0.25, 0.3) is 0 Å². The summed E-state index contributed by atoms with van der Waals surface area (Å²) in [6.07, 6.45) is 4.41. The molecule has 2 fully saturated rings. The fourth-order valence-electron chi connectivity index (χ4n) is 3.95. The fraction of sp³-hybridized carbons (Fsp3) is 0.550. The van der Waals surface area contributed by atoms with Gasteiger partial charge in [-0.2, -0.15) is 0 Å². The van der Waals surface area contributed by atoms with Gasteiger partial charge in [-0.3, -0.25) is 4.79 Å². The lowest BCUT2D eigenvalue weighted by Crippen LogP contribution is -2.54. The van der Waals surface area contributed by atoms with Crippen LogP contribution in [0.2, 0.25) is 5.02 Å². The third-order valence-electron chi connectivity index (χ3n) is 5.53. The van der Waals surface area contributed by atoms with Crippen LogP contribution < -0.4 is 5.32 Å². The Morgan fingerprint density at radius 3 is 2.89 bits per heavy atom. The summed E-state index contributed by atoms with van der Waals surface area (Å²) in [5.74, 6) is 0.159. The van der Waals surface area contributed by atoms with Gasteiger partial charge in [0.15, 0.2) is 5.58 Å². The first kappa shape index (κ1) is 19.1. The number of nitrogens with zero attached hydrogens (tertiary/aromatic N) is 3. The van der Waals surface area contributed by atoms with Crippen molar-refractivity contribution in [2.45, 2.75) is 57.7 Å². The summed E-state index contributed by atoms with van der Waals surface area (Å²) < 4.78 is 5.31. The van der Waals surface area contributed by atoms with Crippen LogP contribution in [-0.4, -0.2) is 52.1 Å². The van der Waals surface area contributed by atoms with Gasteiger partial charge in [0.1, 0.15) is 5.69 Å². The minimum atomic E-state index is -0.100. The van der Waals surface area contributed by atoms with Crippen LogP contribution in [-0.2, 0) is 11.3 Å². The van der Waals surface area contributed by atoms with Gasteiger partial charge in [0.05, 0.1) is 12.6 Å². The van der Waals surface area contributed by atoms with Gasteiger partial charge < -0.3 is 19.6 Å². The van der Waals surface area contributed by atoms with E-state index in [-0.39, 0.29) is 30.6 Å². The molecule has 0 spiro atoms. The Morgan fingerprint density at radius 2 is 2.14 bits per heavy atom. The molecule has 150 valence electrons. The molecule has 0 bridgehead atoms. The Hall–Kier alpha value is -2.28. The van der Waals surface area contributed by atoms with E-state index in [1.54, 1.807) is 18.2 Å². The summed E-state index contributed by atoms with van der Waals surface area (Å²) >= 11 is 6.07. The molecule has 1 aliphatic carbocycles. The average Bonchev–Trinajstić information content (AvgIpc) is 3.46. The molecule has 2 aliphatic rings. The SMILES string of the molecule is CCC(=O)N1CCC[C@@H](N(C(=O)NCc2noc3ccc(Cl)cc23)C2CC2)C1. The normalized spacial score (nSPS) is 19.6. The molecular formula is C20H25ClN4O3. The smallest absolute Gasteiger partial charge is 0.318 e. The Bertz CT molecular complexity index is 879. The van der Waals surface area contributed by atoms with Gasteiger partial charge in [-0.25, -0.2) is 4.79 Å². The lowest BCUT2D eigenvalue weighted by molar-refractivity contribution is -0.132. The molecule has 1 aromatic heterocycles. The summed E-state index contributed by atoms with van der Waals surface area (Å²) in [6, 6.07) is 5.55. The molecule has 3 amide bonds. The first-order chi connectivity index (χ1) is 13.6. The van der Waals surface area contributed by atoms with Crippen LogP contribution in [0.3, 0.4) is 0 Å². The highest BCUT2D eigenvalue weighted by Crippen LogP contribution is 2.32. The first-order valence-corrected chi connectivity index (χ1v) is 10.3. The number of halogens is 1. The molecular weight excluding hydrogens is 380 g/mol. The predicted octanol–water partition coefficient (Wildman–Crippen LogP) is 3.56. The van der Waals surface area contributed by atoms with Crippen molar-refractivity contribution in [1.29, 1.82) is 0 Å². The molecule has 1 N–H and O–H groups in total. The van der Waals surface area contributed by atoms with Crippen molar-refractivity contribution in [2.75, 3.05) is 13.1 Å². The minimum absolute atomic E-state index is 0.0697. The maximum absolute atomic E-state index is 13.0. The number of hydrogen-bond donors (Lipinski definition) is 1. The van der Waals surface area contributed by atoms with E-state index in [1.165, 1.54) is 0 Å². The average molecular weight is 405 g/mol. The maximum Gasteiger partial charge on any atom is 0.318 e. The third-order valence-corrected chi connectivity index (χ3v) is 5.77. The number of likely N-dealkylation sites (tertiary alicyclic amines) is 1. The van der Waals surface area contributed by atoms with E-state index >= 15 is 0 Å². The van der Waals surface area contributed by atoms with Gasteiger partial charge in [0, 0.05) is 36.0 Å². The first-order valence-electron chi connectivity index (χ1n) is 9.94. The molecule has 1 saturated carbocycles. The van der Waals surface area contributed by atoms with Crippen molar-refractivity contribution in [3.05, 3.63) is 28.9 Å². The second kappa shape index (κ2) is 7.99. The van der Waals surface area contributed by atoms with Crippen molar-refractivity contribution in [2.24, 2.45) is 0 Å².